The number of fused-ring (bicyclic) bond motifs is 12. The van der Waals surface area contributed by atoms with Gasteiger partial charge in [0, 0.05) is 75.7 Å². The lowest BCUT2D eigenvalue weighted by Crippen LogP contribution is -2.41. The third kappa shape index (κ3) is 4.29. The molecule has 10 N–H and O–H groups in total. The summed E-state index contributed by atoms with van der Waals surface area (Å²) < 4.78 is 0. The third-order valence-corrected chi connectivity index (χ3v) is 10.4. The number of carboxylic acid groups (broad SMARTS) is 2. The van der Waals surface area contributed by atoms with E-state index >= 15 is 0 Å². The Hall–Kier alpha value is -4.58. The lowest BCUT2D eigenvalue weighted by molar-refractivity contribution is -0.138. The molecule has 7 rings (SSSR count). The maximum atomic E-state index is 11.6. The Kier molecular flexibility index (Phi) is 6.63. The fraction of sp³-hybridized carbons (Fsp3) is 0.353. The summed E-state index contributed by atoms with van der Waals surface area (Å²) in [6.45, 7) is 10.6. The highest BCUT2D eigenvalue weighted by molar-refractivity contribution is 5.76. The van der Waals surface area contributed by atoms with Gasteiger partial charge in [0.1, 0.15) is 0 Å². The molecule has 3 fully saturated rings. The summed E-state index contributed by atoms with van der Waals surface area (Å²) in [5.41, 5.74) is 23.6. The molecule has 8 bridgehead atoms. The monoisotopic (exact) mass is 609 g/mol. The van der Waals surface area contributed by atoms with Gasteiger partial charge in [0.2, 0.25) is 0 Å². The van der Waals surface area contributed by atoms with Crippen molar-refractivity contribution in [3.05, 3.63) is 84.8 Å². The van der Waals surface area contributed by atoms with Crippen LogP contribution in [0.4, 0.5) is 0 Å². The topological polar surface area (TPSA) is 189 Å². The van der Waals surface area contributed by atoms with Crippen molar-refractivity contribution in [1.29, 1.82) is 0 Å². The largest absolute Gasteiger partial charge is 0.481 e. The molecule has 0 aliphatic carbocycles. The maximum absolute atomic E-state index is 11.6. The first-order chi connectivity index (χ1) is 21.5. The molecule has 4 aliphatic rings. The minimum atomic E-state index is -0.874. The molecular formula is C34H39N7O4. The molecule has 2 unspecified atom stereocenters. The summed E-state index contributed by atoms with van der Waals surface area (Å²) in [5.74, 6) is -1.60. The van der Waals surface area contributed by atoms with E-state index in [9.17, 15) is 19.8 Å². The van der Waals surface area contributed by atoms with Crippen LogP contribution in [0.2, 0.25) is 0 Å². The summed E-state index contributed by atoms with van der Waals surface area (Å²) in [4.78, 5) is 36.3. The summed E-state index contributed by atoms with van der Waals surface area (Å²) in [5, 5.41) is 24.4. The second kappa shape index (κ2) is 10.2. The van der Waals surface area contributed by atoms with Crippen molar-refractivity contribution in [2.45, 2.75) is 70.7 Å². The summed E-state index contributed by atoms with van der Waals surface area (Å²) in [7, 11) is 0. The SMILES string of the molecule is C=Cc1c2[nH]c(c1CN)/C=C1\N/C(=C\c3[nH]c(c(CCC(=O)O)c3C)/C=c3\[nH]/c(c(C)c3CCC(=O)O)=C\2)C(C)[C@]12[C@H]1[C@@H](N)N12. The number of aromatic amines is 3. The van der Waals surface area contributed by atoms with Crippen LogP contribution in [-0.2, 0) is 29.0 Å². The molecule has 0 saturated carbocycles. The van der Waals surface area contributed by atoms with Gasteiger partial charge in [0.05, 0.1) is 17.7 Å². The number of rotatable bonds is 8. The highest BCUT2D eigenvalue weighted by Gasteiger charge is 2.86. The molecule has 5 atom stereocenters. The standard InChI is InChI=1S/C34H39N7O4/c1-5-18-21(14-35)28-13-29-34(32-33(36)41(32)34)17(4)24(40-29)10-22-15(2)19(6-8-30(42)43)26(37-22)12-27-20(7-9-31(44)45)16(3)23(38-27)11-25(18)39-28/h5,10-13,17,32-33,37-40H,1,6-9,14,35-36H2,2-4H3,(H,42,43)(H,44,45)/b23-11-,24-10-,27-12-,29-13-/t17?,32-,33+,34-,41?/m1/s1. The van der Waals surface area contributed by atoms with Crippen LogP contribution in [0.25, 0.3) is 30.4 Å². The summed E-state index contributed by atoms with van der Waals surface area (Å²) in [6.07, 6.45) is 10.8. The Morgan fingerprint density at radius 2 is 1.53 bits per heavy atom. The molecular weight excluding hydrogens is 570 g/mol. The van der Waals surface area contributed by atoms with E-state index in [1.165, 1.54) is 0 Å². The van der Waals surface area contributed by atoms with Crippen LogP contribution < -0.4 is 27.5 Å². The number of aliphatic carboxylic acids is 2. The van der Waals surface area contributed by atoms with E-state index in [0.717, 1.165) is 78.2 Å². The molecule has 45 heavy (non-hydrogen) atoms. The Balaban J connectivity index is 1.51. The number of carboxylic acids is 2. The van der Waals surface area contributed by atoms with Gasteiger partial charge < -0.3 is 41.9 Å². The van der Waals surface area contributed by atoms with Crippen LogP contribution in [-0.4, -0.2) is 59.8 Å². The van der Waals surface area contributed by atoms with Crippen molar-refractivity contribution < 1.29 is 19.8 Å². The number of H-pyrrole nitrogens is 3. The molecule has 3 aromatic rings. The van der Waals surface area contributed by atoms with E-state index in [1.807, 2.05) is 32.1 Å². The molecule has 0 aromatic carbocycles. The molecule has 1 spiro atoms. The van der Waals surface area contributed by atoms with Gasteiger partial charge in [-0.05, 0) is 78.8 Å². The molecule has 7 heterocycles. The number of nitrogens with one attached hydrogen (secondary N) is 4. The van der Waals surface area contributed by atoms with Crippen molar-refractivity contribution in [2.24, 2.45) is 17.4 Å². The lowest BCUT2D eigenvalue weighted by Gasteiger charge is -2.23. The number of hydrogen-bond acceptors (Lipinski definition) is 6. The third-order valence-electron chi connectivity index (χ3n) is 10.4. The second-order valence-corrected chi connectivity index (χ2v) is 12.6. The predicted octanol–water partition coefficient (Wildman–Crippen LogP) is 1.74. The quantitative estimate of drug-likeness (QED) is 0.177. The average Bonchev–Trinajstić information content (AvgIpc) is 3.70. The van der Waals surface area contributed by atoms with Crippen LogP contribution in [0.3, 0.4) is 0 Å². The number of nitrogens with two attached hydrogens (primary N) is 2. The Bertz CT molecular complexity index is 1980. The maximum Gasteiger partial charge on any atom is 0.303 e. The van der Waals surface area contributed by atoms with Crippen LogP contribution in [0.1, 0.15) is 75.9 Å². The zero-order valence-corrected chi connectivity index (χ0v) is 25.7. The van der Waals surface area contributed by atoms with Crippen LogP contribution in [0.15, 0.2) is 18.0 Å². The van der Waals surface area contributed by atoms with E-state index in [0.29, 0.717) is 19.4 Å². The van der Waals surface area contributed by atoms with Gasteiger partial charge in [-0.15, -0.1) is 0 Å². The molecule has 0 radical (unpaired) electrons. The van der Waals surface area contributed by atoms with Gasteiger partial charge >= 0.3 is 11.9 Å². The fourth-order valence-corrected chi connectivity index (χ4v) is 7.82. The molecule has 3 aromatic heterocycles. The van der Waals surface area contributed by atoms with E-state index < -0.39 is 11.9 Å². The predicted molar refractivity (Wildman–Crippen MR) is 173 cm³/mol. The highest BCUT2D eigenvalue weighted by atomic mass is 16.4. The Morgan fingerprint density at radius 3 is 2.16 bits per heavy atom. The molecule has 11 nitrogen and oxygen atoms in total. The van der Waals surface area contributed by atoms with Gasteiger partial charge in [-0.25, -0.2) is 0 Å². The van der Waals surface area contributed by atoms with Crippen molar-refractivity contribution in [1.82, 2.24) is 25.2 Å². The smallest absolute Gasteiger partial charge is 0.303 e. The van der Waals surface area contributed by atoms with Crippen molar-refractivity contribution >= 4 is 42.3 Å². The van der Waals surface area contributed by atoms with Crippen LogP contribution in [0.5, 0.6) is 0 Å². The van der Waals surface area contributed by atoms with E-state index in [2.05, 4.69) is 50.8 Å². The molecule has 11 heteroatoms. The van der Waals surface area contributed by atoms with Crippen LogP contribution in [0, 0.1) is 19.8 Å². The van der Waals surface area contributed by atoms with Crippen molar-refractivity contribution in [3.8, 4) is 0 Å². The first-order valence-electron chi connectivity index (χ1n) is 15.4. The zero-order chi connectivity index (χ0) is 31.9. The number of aromatic nitrogens is 3. The molecule has 234 valence electrons. The highest BCUT2D eigenvalue weighted by Crippen LogP contribution is 2.69. The van der Waals surface area contributed by atoms with Crippen LogP contribution >= 0.6 is 0 Å². The Morgan fingerprint density at radius 1 is 0.911 bits per heavy atom. The minimum Gasteiger partial charge on any atom is -0.481 e. The average molecular weight is 610 g/mol. The number of nitrogens with zero attached hydrogens (tertiary/aromatic N) is 1. The minimum absolute atomic E-state index is 0.00782. The summed E-state index contributed by atoms with van der Waals surface area (Å²) >= 11 is 0. The fourth-order valence-electron chi connectivity index (χ4n) is 7.82. The van der Waals surface area contributed by atoms with Gasteiger partial charge in [-0.2, -0.15) is 0 Å². The summed E-state index contributed by atoms with van der Waals surface area (Å²) in [6, 6.07) is 0.268. The normalized spacial score (nSPS) is 29.3. The lowest BCUT2D eigenvalue weighted by atomic mass is 9.85. The van der Waals surface area contributed by atoms with E-state index in [1.54, 1.807) is 0 Å². The van der Waals surface area contributed by atoms with Crippen molar-refractivity contribution in [3.63, 3.8) is 0 Å². The molecule has 4 aliphatic heterocycles. The molecule has 3 saturated heterocycles. The van der Waals surface area contributed by atoms with Gasteiger partial charge in [-0.3, -0.25) is 14.5 Å². The van der Waals surface area contributed by atoms with Crippen molar-refractivity contribution in [2.75, 3.05) is 0 Å². The zero-order valence-electron chi connectivity index (χ0n) is 25.7. The van der Waals surface area contributed by atoms with E-state index in [4.69, 9.17) is 11.5 Å². The molecule has 0 amide bonds. The Labute approximate surface area is 260 Å². The first kappa shape index (κ1) is 29.1. The van der Waals surface area contributed by atoms with Gasteiger partial charge in [0.25, 0.3) is 0 Å². The number of carbonyl (C=O) groups is 2. The second-order valence-electron chi connectivity index (χ2n) is 12.6. The first-order valence-corrected chi connectivity index (χ1v) is 15.4. The number of hydrogen-bond donors (Lipinski definition) is 8. The van der Waals surface area contributed by atoms with Gasteiger partial charge in [0.15, 0.2) is 0 Å². The van der Waals surface area contributed by atoms with Gasteiger partial charge in [-0.1, -0.05) is 19.6 Å². The van der Waals surface area contributed by atoms with E-state index in [-0.39, 0.29) is 36.5 Å².